The molecule has 0 aliphatic heterocycles. The smallest absolute Gasteiger partial charge is 0.326 e. The highest BCUT2D eigenvalue weighted by molar-refractivity contribution is 5.88. The van der Waals surface area contributed by atoms with Crippen molar-refractivity contribution in [1.82, 2.24) is 5.32 Å². The molecule has 0 aromatic heterocycles. The fraction of sp³-hybridized carbons (Fsp3) is 0.727. The summed E-state index contributed by atoms with van der Waals surface area (Å²) in [6.07, 6.45) is 2.24. The Kier molecular flexibility index (Phi) is 4.66. The summed E-state index contributed by atoms with van der Waals surface area (Å²) < 4.78 is 5.27. The van der Waals surface area contributed by atoms with Gasteiger partial charge in [0.2, 0.25) is 11.8 Å². The Morgan fingerprint density at radius 2 is 2.06 bits per heavy atom. The molecule has 1 atom stereocenters. The van der Waals surface area contributed by atoms with E-state index in [1.54, 1.807) is 0 Å². The number of nitrogens with two attached hydrogens (primary N) is 1. The molecule has 0 spiro atoms. The standard InChI is InChI=1S/C11H18N2O5/c1-18-11(3-2-4-11)6-9(15)13-7(10(16)17)5-8(12)14/h7H,2-6H2,1H3,(H2,12,14)(H,13,15)(H,16,17)/t7-/m1/s1. The average molecular weight is 258 g/mol. The fourth-order valence-electron chi connectivity index (χ4n) is 1.96. The van der Waals surface area contributed by atoms with Crippen molar-refractivity contribution in [2.24, 2.45) is 5.73 Å². The molecule has 1 fully saturated rings. The number of rotatable bonds is 7. The number of ether oxygens (including phenoxy) is 1. The van der Waals surface area contributed by atoms with Crippen molar-refractivity contribution in [2.75, 3.05) is 7.11 Å². The van der Waals surface area contributed by atoms with Gasteiger partial charge in [-0.25, -0.2) is 4.79 Å². The molecule has 1 aliphatic rings. The van der Waals surface area contributed by atoms with Crippen molar-refractivity contribution in [3.63, 3.8) is 0 Å². The van der Waals surface area contributed by atoms with Crippen molar-refractivity contribution in [2.45, 2.75) is 43.7 Å². The molecule has 18 heavy (non-hydrogen) atoms. The zero-order chi connectivity index (χ0) is 13.8. The molecular formula is C11H18N2O5. The van der Waals surface area contributed by atoms with E-state index >= 15 is 0 Å². The molecule has 0 bridgehead atoms. The minimum Gasteiger partial charge on any atom is -0.480 e. The van der Waals surface area contributed by atoms with Gasteiger partial charge in [0, 0.05) is 7.11 Å². The first-order valence-electron chi connectivity index (χ1n) is 5.74. The number of aliphatic carboxylic acids is 1. The van der Waals surface area contributed by atoms with E-state index in [0.717, 1.165) is 19.3 Å². The van der Waals surface area contributed by atoms with E-state index in [4.69, 9.17) is 15.6 Å². The summed E-state index contributed by atoms with van der Waals surface area (Å²) in [5, 5.41) is 11.1. The van der Waals surface area contributed by atoms with Gasteiger partial charge in [-0.1, -0.05) is 0 Å². The SMILES string of the molecule is COC1(CC(=O)N[C@H](CC(N)=O)C(=O)O)CCC1. The van der Waals surface area contributed by atoms with Crippen molar-refractivity contribution < 1.29 is 24.2 Å². The lowest BCUT2D eigenvalue weighted by Crippen LogP contribution is -2.48. The Hall–Kier alpha value is -1.63. The summed E-state index contributed by atoms with van der Waals surface area (Å²) in [5.74, 6) is -2.49. The van der Waals surface area contributed by atoms with Gasteiger partial charge in [-0.2, -0.15) is 0 Å². The predicted molar refractivity (Wildman–Crippen MR) is 61.6 cm³/mol. The number of amides is 2. The molecule has 7 nitrogen and oxygen atoms in total. The van der Waals surface area contributed by atoms with Crippen LogP contribution in [-0.4, -0.2) is 41.6 Å². The molecule has 2 amide bonds. The van der Waals surface area contributed by atoms with Crippen molar-refractivity contribution in [3.8, 4) is 0 Å². The van der Waals surface area contributed by atoms with Crippen molar-refractivity contribution in [3.05, 3.63) is 0 Å². The molecule has 0 unspecified atom stereocenters. The molecular weight excluding hydrogens is 240 g/mol. The van der Waals surface area contributed by atoms with Crippen LogP contribution in [0.2, 0.25) is 0 Å². The van der Waals surface area contributed by atoms with Gasteiger partial charge in [0.05, 0.1) is 18.4 Å². The molecule has 1 saturated carbocycles. The molecule has 102 valence electrons. The van der Waals surface area contributed by atoms with E-state index in [1.165, 1.54) is 7.11 Å². The summed E-state index contributed by atoms with van der Waals surface area (Å²) in [6, 6.07) is -1.27. The number of carbonyl (C=O) groups is 3. The zero-order valence-corrected chi connectivity index (χ0v) is 10.3. The lowest BCUT2D eigenvalue weighted by atomic mass is 9.77. The maximum Gasteiger partial charge on any atom is 0.326 e. The first-order chi connectivity index (χ1) is 8.38. The average Bonchev–Trinajstić information content (AvgIpc) is 2.21. The lowest BCUT2D eigenvalue weighted by molar-refractivity contribution is -0.145. The van der Waals surface area contributed by atoms with Crippen LogP contribution < -0.4 is 11.1 Å². The summed E-state index contributed by atoms with van der Waals surface area (Å²) in [6.45, 7) is 0. The summed E-state index contributed by atoms with van der Waals surface area (Å²) in [5.41, 5.74) is 4.45. The first-order valence-corrected chi connectivity index (χ1v) is 5.74. The van der Waals surface area contributed by atoms with Crippen molar-refractivity contribution >= 4 is 17.8 Å². The Morgan fingerprint density at radius 1 is 1.44 bits per heavy atom. The van der Waals surface area contributed by atoms with Gasteiger partial charge >= 0.3 is 5.97 Å². The fourth-order valence-corrected chi connectivity index (χ4v) is 1.96. The summed E-state index contributed by atoms with van der Waals surface area (Å²) in [7, 11) is 1.53. The number of carboxylic acids is 1. The number of carbonyl (C=O) groups excluding carboxylic acids is 2. The lowest BCUT2D eigenvalue weighted by Gasteiger charge is -2.40. The van der Waals surface area contributed by atoms with Gasteiger partial charge in [0.1, 0.15) is 6.04 Å². The third kappa shape index (κ3) is 3.69. The minimum atomic E-state index is -1.28. The molecule has 1 aliphatic carbocycles. The normalized spacial score (nSPS) is 18.5. The predicted octanol–water partition coefficient (Wildman–Crippen LogP) is -0.610. The quantitative estimate of drug-likeness (QED) is 0.563. The second-order valence-corrected chi connectivity index (χ2v) is 4.55. The first kappa shape index (κ1) is 14.4. The number of methoxy groups -OCH3 is 1. The number of primary amides is 1. The largest absolute Gasteiger partial charge is 0.480 e. The van der Waals surface area contributed by atoms with Gasteiger partial charge in [-0.3, -0.25) is 9.59 Å². The maximum absolute atomic E-state index is 11.7. The van der Waals surface area contributed by atoms with Crippen LogP contribution in [0.3, 0.4) is 0 Å². The molecule has 0 aromatic rings. The number of hydrogen-bond donors (Lipinski definition) is 3. The van der Waals surface area contributed by atoms with E-state index < -0.39 is 35.8 Å². The number of carboxylic acid groups (broad SMARTS) is 1. The molecule has 0 heterocycles. The van der Waals surface area contributed by atoms with E-state index in [1.807, 2.05) is 0 Å². The zero-order valence-electron chi connectivity index (χ0n) is 10.3. The van der Waals surface area contributed by atoms with E-state index in [2.05, 4.69) is 5.32 Å². The molecule has 1 rings (SSSR count). The minimum absolute atomic E-state index is 0.103. The van der Waals surface area contributed by atoms with Crippen LogP contribution in [0.15, 0.2) is 0 Å². The molecule has 0 saturated heterocycles. The van der Waals surface area contributed by atoms with E-state index in [-0.39, 0.29) is 6.42 Å². The third-order valence-electron chi connectivity index (χ3n) is 3.22. The van der Waals surface area contributed by atoms with Gasteiger partial charge in [0.25, 0.3) is 0 Å². The molecule has 0 aromatic carbocycles. The number of nitrogens with one attached hydrogen (secondary N) is 1. The van der Waals surface area contributed by atoms with E-state index in [9.17, 15) is 14.4 Å². The van der Waals surface area contributed by atoms with Gasteiger partial charge in [-0.05, 0) is 19.3 Å². The summed E-state index contributed by atoms with van der Waals surface area (Å²) in [4.78, 5) is 33.2. The Labute approximate surface area is 105 Å². The van der Waals surface area contributed by atoms with Crippen LogP contribution in [0.4, 0.5) is 0 Å². The second-order valence-electron chi connectivity index (χ2n) is 4.55. The topological polar surface area (TPSA) is 119 Å². The maximum atomic E-state index is 11.7. The summed E-state index contributed by atoms with van der Waals surface area (Å²) >= 11 is 0. The Morgan fingerprint density at radius 3 is 2.39 bits per heavy atom. The highest BCUT2D eigenvalue weighted by Gasteiger charge is 2.39. The molecule has 4 N–H and O–H groups in total. The highest BCUT2D eigenvalue weighted by Crippen LogP contribution is 2.37. The number of hydrogen-bond acceptors (Lipinski definition) is 4. The van der Waals surface area contributed by atoms with E-state index in [0.29, 0.717) is 0 Å². The van der Waals surface area contributed by atoms with Crippen LogP contribution in [0, 0.1) is 0 Å². The third-order valence-corrected chi connectivity index (χ3v) is 3.22. The highest BCUT2D eigenvalue weighted by atomic mass is 16.5. The van der Waals surface area contributed by atoms with Gasteiger partial charge in [-0.15, -0.1) is 0 Å². The molecule has 7 heteroatoms. The van der Waals surface area contributed by atoms with Gasteiger partial charge in [0.15, 0.2) is 0 Å². The van der Waals surface area contributed by atoms with Gasteiger partial charge < -0.3 is 20.9 Å². The van der Waals surface area contributed by atoms with Crippen molar-refractivity contribution in [1.29, 1.82) is 0 Å². The Balaban J connectivity index is 2.50. The van der Waals surface area contributed by atoms with Crippen LogP contribution in [0.1, 0.15) is 32.1 Å². The second kappa shape index (κ2) is 5.81. The van der Waals surface area contributed by atoms with Crippen LogP contribution in [0.25, 0.3) is 0 Å². The van der Waals surface area contributed by atoms with Crippen LogP contribution >= 0.6 is 0 Å². The Bertz CT molecular complexity index is 346. The monoisotopic (exact) mass is 258 g/mol. The van der Waals surface area contributed by atoms with Crippen LogP contribution in [-0.2, 0) is 19.1 Å². The molecule has 0 radical (unpaired) electrons. The van der Waals surface area contributed by atoms with Crippen LogP contribution in [0.5, 0.6) is 0 Å².